The zero-order valence-corrected chi connectivity index (χ0v) is 21.3. The molecule has 0 amide bonds. The second-order valence-electron chi connectivity index (χ2n) is 12.0. The molecule has 2 aliphatic rings. The third kappa shape index (κ3) is 6.56. The SMILES string of the molecule is CC(C)C1CCC(C)(C(O)C(O)C(=O)OC(=O)C(O)C(O)C2(C)CCC(C(C)C)CC2)CC1. The minimum atomic E-state index is -1.89. The predicted molar refractivity (Wildman–Crippen MR) is 125 cm³/mol. The zero-order valence-electron chi connectivity index (χ0n) is 21.3. The first kappa shape index (κ1) is 28.2. The summed E-state index contributed by atoms with van der Waals surface area (Å²) in [5.41, 5.74) is -1.32. The van der Waals surface area contributed by atoms with Crippen molar-refractivity contribution < 1.29 is 34.8 Å². The van der Waals surface area contributed by atoms with Crippen LogP contribution in [0.15, 0.2) is 0 Å². The number of aliphatic hydroxyl groups is 4. The molecule has 0 spiro atoms. The Morgan fingerprint density at radius 1 is 0.667 bits per heavy atom. The molecule has 4 N–H and O–H groups in total. The van der Waals surface area contributed by atoms with Gasteiger partial charge in [-0.05, 0) is 85.9 Å². The molecular weight excluding hydrogens is 424 g/mol. The summed E-state index contributed by atoms with van der Waals surface area (Å²) < 4.78 is 4.71. The van der Waals surface area contributed by atoms with Crippen molar-refractivity contribution in [2.24, 2.45) is 34.5 Å². The summed E-state index contributed by atoms with van der Waals surface area (Å²) in [7, 11) is 0. The molecule has 0 aromatic rings. The lowest BCUT2D eigenvalue weighted by atomic mass is 9.65. The summed E-state index contributed by atoms with van der Waals surface area (Å²) in [6.07, 6.45) is -0.321. The van der Waals surface area contributed by atoms with Crippen molar-refractivity contribution in [2.75, 3.05) is 0 Å². The molecule has 0 radical (unpaired) electrons. The third-order valence-electron chi connectivity index (χ3n) is 8.94. The molecule has 2 saturated carbocycles. The van der Waals surface area contributed by atoms with Gasteiger partial charge in [0.2, 0.25) is 0 Å². The molecule has 0 aromatic carbocycles. The van der Waals surface area contributed by atoms with Crippen LogP contribution in [0.2, 0.25) is 0 Å². The van der Waals surface area contributed by atoms with E-state index in [1.807, 2.05) is 13.8 Å². The maximum atomic E-state index is 12.4. The van der Waals surface area contributed by atoms with Crippen LogP contribution in [0.3, 0.4) is 0 Å². The van der Waals surface area contributed by atoms with E-state index in [1.165, 1.54) is 0 Å². The van der Waals surface area contributed by atoms with Gasteiger partial charge >= 0.3 is 11.9 Å². The molecule has 0 bridgehead atoms. The maximum Gasteiger partial charge on any atom is 0.345 e. The van der Waals surface area contributed by atoms with Crippen molar-refractivity contribution >= 4 is 11.9 Å². The summed E-state index contributed by atoms with van der Waals surface area (Å²) in [4.78, 5) is 24.8. The molecule has 2 rings (SSSR count). The van der Waals surface area contributed by atoms with Gasteiger partial charge in [0.1, 0.15) is 0 Å². The van der Waals surface area contributed by atoms with E-state index < -0.39 is 47.2 Å². The van der Waals surface area contributed by atoms with E-state index >= 15 is 0 Å². The highest BCUT2D eigenvalue weighted by atomic mass is 16.6. The smallest absolute Gasteiger partial charge is 0.345 e. The number of rotatable bonds is 8. The zero-order chi connectivity index (χ0) is 25.1. The number of carbonyl (C=O) groups excluding carboxylic acids is 2. The molecule has 2 aliphatic carbocycles. The summed E-state index contributed by atoms with van der Waals surface area (Å²) >= 11 is 0. The number of esters is 2. The molecule has 0 aromatic heterocycles. The Labute approximate surface area is 198 Å². The van der Waals surface area contributed by atoms with Gasteiger partial charge in [-0.15, -0.1) is 0 Å². The molecule has 7 nitrogen and oxygen atoms in total. The Hall–Kier alpha value is -1.02. The van der Waals surface area contributed by atoms with Gasteiger partial charge in [-0.2, -0.15) is 0 Å². The second kappa shape index (κ2) is 11.1. The fraction of sp³-hybridized carbons (Fsp3) is 0.923. The fourth-order valence-corrected chi connectivity index (χ4v) is 5.76. The van der Waals surface area contributed by atoms with Gasteiger partial charge in [-0.25, -0.2) is 9.59 Å². The van der Waals surface area contributed by atoms with Crippen LogP contribution in [0.5, 0.6) is 0 Å². The Bertz CT molecular complexity index is 602. The second-order valence-corrected chi connectivity index (χ2v) is 12.0. The highest BCUT2D eigenvalue weighted by Gasteiger charge is 2.47. The maximum absolute atomic E-state index is 12.4. The van der Waals surface area contributed by atoms with Gasteiger partial charge < -0.3 is 25.2 Å². The van der Waals surface area contributed by atoms with Gasteiger partial charge in [-0.3, -0.25) is 0 Å². The summed E-state index contributed by atoms with van der Waals surface area (Å²) in [5, 5.41) is 42.2. The number of hydrogen-bond acceptors (Lipinski definition) is 7. The number of carbonyl (C=O) groups is 2. The molecular formula is C26H46O7. The fourth-order valence-electron chi connectivity index (χ4n) is 5.76. The van der Waals surface area contributed by atoms with Crippen molar-refractivity contribution in [1.82, 2.24) is 0 Å². The summed E-state index contributed by atoms with van der Waals surface area (Å²) in [6, 6.07) is 0. The predicted octanol–water partition coefficient (Wildman–Crippen LogP) is 3.20. The van der Waals surface area contributed by atoms with Crippen LogP contribution in [-0.2, 0) is 14.3 Å². The van der Waals surface area contributed by atoms with Gasteiger partial charge in [-0.1, -0.05) is 41.5 Å². The van der Waals surface area contributed by atoms with Gasteiger partial charge in [0.15, 0.2) is 12.2 Å². The average Bonchev–Trinajstić information content (AvgIpc) is 2.77. The number of aliphatic hydroxyl groups excluding tert-OH is 4. The van der Waals surface area contributed by atoms with Gasteiger partial charge in [0.05, 0.1) is 12.2 Å². The Morgan fingerprint density at radius 2 is 0.939 bits per heavy atom. The van der Waals surface area contributed by atoms with E-state index in [-0.39, 0.29) is 0 Å². The van der Waals surface area contributed by atoms with Crippen molar-refractivity contribution in [3.8, 4) is 0 Å². The van der Waals surface area contributed by atoms with Crippen LogP contribution in [0, 0.1) is 34.5 Å². The largest absolute Gasteiger partial charge is 0.389 e. The molecule has 4 atom stereocenters. The van der Waals surface area contributed by atoms with Crippen molar-refractivity contribution in [1.29, 1.82) is 0 Å². The van der Waals surface area contributed by atoms with E-state index in [4.69, 9.17) is 4.74 Å². The van der Waals surface area contributed by atoms with E-state index in [0.717, 1.165) is 25.7 Å². The molecule has 0 aliphatic heterocycles. The molecule has 0 saturated heterocycles. The summed E-state index contributed by atoms with van der Waals surface area (Å²) in [6.45, 7) is 12.3. The van der Waals surface area contributed by atoms with Crippen LogP contribution in [-0.4, -0.2) is 56.8 Å². The van der Waals surface area contributed by atoms with Crippen LogP contribution in [0.1, 0.15) is 92.9 Å². The quantitative estimate of drug-likeness (QED) is 0.317. The van der Waals surface area contributed by atoms with Crippen LogP contribution in [0.4, 0.5) is 0 Å². The van der Waals surface area contributed by atoms with Crippen LogP contribution in [0.25, 0.3) is 0 Å². The van der Waals surface area contributed by atoms with Crippen molar-refractivity contribution in [2.45, 2.75) is 117 Å². The molecule has 2 fully saturated rings. The molecule has 7 heteroatoms. The van der Waals surface area contributed by atoms with E-state index in [2.05, 4.69) is 27.7 Å². The van der Waals surface area contributed by atoms with E-state index in [9.17, 15) is 30.0 Å². The molecule has 33 heavy (non-hydrogen) atoms. The van der Waals surface area contributed by atoms with Gasteiger partial charge in [0, 0.05) is 0 Å². The van der Waals surface area contributed by atoms with E-state index in [1.54, 1.807) is 0 Å². The lowest BCUT2D eigenvalue weighted by Gasteiger charge is -2.43. The lowest BCUT2D eigenvalue weighted by Crippen LogP contribution is -2.51. The standard InChI is InChI=1S/C26H46O7/c1-15(2)17-7-11-25(5,12-8-17)21(29)19(27)23(31)33-24(32)20(28)22(30)26(6)13-9-18(10-14-26)16(3)4/h15-22,27-30H,7-14H2,1-6H3. The van der Waals surface area contributed by atoms with Crippen molar-refractivity contribution in [3.05, 3.63) is 0 Å². The summed E-state index contributed by atoms with van der Waals surface area (Å²) in [5.74, 6) is -0.419. The minimum Gasteiger partial charge on any atom is -0.389 e. The molecule has 0 heterocycles. The lowest BCUT2D eigenvalue weighted by molar-refractivity contribution is -0.185. The van der Waals surface area contributed by atoms with Crippen molar-refractivity contribution in [3.63, 3.8) is 0 Å². The Balaban J connectivity index is 1.92. The Morgan fingerprint density at radius 3 is 1.18 bits per heavy atom. The van der Waals surface area contributed by atoms with Crippen LogP contribution < -0.4 is 0 Å². The third-order valence-corrected chi connectivity index (χ3v) is 8.94. The average molecular weight is 471 g/mol. The number of hydrogen-bond donors (Lipinski definition) is 4. The number of ether oxygens (including phenoxy) is 1. The molecule has 4 unspecified atom stereocenters. The first-order valence-corrected chi connectivity index (χ1v) is 12.7. The highest BCUT2D eigenvalue weighted by Crippen LogP contribution is 2.45. The van der Waals surface area contributed by atoms with E-state index in [0.29, 0.717) is 49.4 Å². The first-order chi connectivity index (χ1) is 15.2. The van der Waals surface area contributed by atoms with Gasteiger partial charge in [0.25, 0.3) is 0 Å². The highest BCUT2D eigenvalue weighted by molar-refractivity contribution is 5.90. The molecule has 192 valence electrons. The first-order valence-electron chi connectivity index (χ1n) is 12.7. The normalized spacial score (nSPS) is 34.5. The minimum absolute atomic E-state index is 0.536. The van der Waals surface area contributed by atoms with Crippen LogP contribution >= 0.6 is 0 Å². The Kier molecular flexibility index (Phi) is 9.53. The monoisotopic (exact) mass is 470 g/mol. The topological polar surface area (TPSA) is 124 Å².